The number of amides is 1. The molecular formula is C18H20N2O. The standard InChI is InChI=1S/C18H20N2O/c1-18(2,3)17(21)20-11-8-9-13-12-6-4-5-7-14(12)16(19)15(13)10-11/h4-10,16H,19H2,1-3H3,(H,20,21). The van der Waals surface area contributed by atoms with Crippen LogP contribution in [0, 0.1) is 5.41 Å². The first-order chi connectivity index (χ1) is 9.88. The Labute approximate surface area is 125 Å². The monoisotopic (exact) mass is 280 g/mol. The first kappa shape index (κ1) is 13.8. The summed E-state index contributed by atoms with van der Waals surface area (Å²) in [6.45, 7) is 5.70. The fourth-order valence-corrected chi connectivity index (χ4v) is 2.64. The van der Waals surface area contributed by atoms with Crippen molar-refractivity contribution in [3.05, 3.63) is 53.6 Å². The van der Waals surface area contributed by atoms with Gasteiger partial charge in [-0.3, -0.25) is 4.79 Å². The molecule has 3 heteroatoms. The Morgan fingerprint density at radius 1 is 1.05 bits per heavy atom. The van der Waals surface area contributed by atoms with Gasteiger partial charge in [0.2, 0.25) is 5.91 Å². The van der Waals surface area contributed by atoms with Crippen LogP contribution in [0.4, 0.5) is 5.69 Å². The van der Waals surface area contributed by atoms with E-state index in [0.717, 1.165) is 22.4 Å². The smallest absolute Gasteiger partial charge is 0.229 e. The van der Waals surface area contributed by atoms with Gasteiger partial charge in [-0.25, -0.2) is 0 Å². The van der Waals surface area contributed by atoms with Gasteiger partial charge in [-0.1, -0.05) is 51.1 Å². The van der Waals surface area contributed by atoms with Gasteiger partial charge >= 0.3 is 0 Å². The molecule has 0 bridgehead atoms. The maximum atomic E-state index is 12.1. The van der Waals surface area contributed by atoms with Gasteiger partial charge in [0.25, 0.3) is 0 Å². The summed E-state index contributed by atoms with van der Waals surface area (Å²) >= 11 is 0. The van der Waals surface area contributed by atoms with E-state index >= 15 is 0 Å². The van der Waals surface area contributed by atoms with E-state index in [9.17, 15) is 4.79 Å². The third-order valence-electron chi connectivity index (χ3n) is 3.91. The Morgan fingerprint density at radius 3 is 2.43 bits per heavy atom. The quantitative estimate of drug-likeness (QED) is 0.837. The van der Waals surface area contributed by atoms with E-state index < -0.39 is 5.41 Å². The number of anilines is 1. The minimum atomic E-state index is -0.413. The Morgan fingerprint density at radius 2 is 1.71 bits per heavy atom. The average Bonchev–Trinajstić information content (AvgIpc) is 2.72. The first-order valence-electron chi connectivity index (χ1n) is 7.18. The van der Waals surface area contributed by atoms with Crippen LogP contribution < -0.4 is 11.1 Å². The molecule has 0 saturated heterocycles. The number of carbonyl (C=O) groups is 1. The highest BCUT2D eigenvalue weighted by atomic mass is 16.2. The molecule has 0 radical (unpaired) electrons. The van der Waals surface area contributed by atoms with Gasteiger partial charge in [0.15, 0.2) is 0 Å². The van der Waals surface area contributed by atoms with Crippen molar-refractivity contribution in [2.24, 2.45) is 11.1 Å². The minimum absolute atomic E-state index is 0.00605. The molecule has 2 aromatic carbocycles. The van der Waals surface area contributed by atoms with Crippen molar-refractivity contribution in [1.29, 1.82) is 0 Å². The number of benzene rings is 2. The number of carbonyl (C=O) groups excluding carboxylic acids is 1. The zero-order chi connectivity index (χ0) is 15.2. The zero-order valence-electron chi connectivity index (χ0n) is 12.6. The number of nitrogens with two attached hydrogens (primary N) is 1. The van der Waals surface area contributed by atoms with E-state index in [1.54, 1.807) is 0 Å². The molecule has 1 amide bonds. The van der Waals surface area contributed by atoms with Crippen LogP contribution >= 0.6 is 0 Å². The van der Waals surface area contributed by atoms with Gasteiger partial charge in [0.05, 0.1) is 6.04 Å². The molecular weight excluding hydrogens is 260 g/mol. The molecule has 3 nitrogen and oxygen atoms in total. The van der Waals surface area contributed by atoms with Gasteiger partial charge < -0.3 is 11.1 Å². The molecule has 0 heterocycles. The van der Waals surface area contributed by atoms with Crippen LogP contribution in [0.25, 0.3) is 11.1 Å². The van der Waals surface area contributed by atoms with Gasteiger partial charge in [-0.15, -0.1) is 0 Å². The second-order valence-electron chi connectivity index (χ2n) is 6.57. The van der Waals surface area contributed by atoms with Crippen LogP contribution in [-0.2, 0) is 4.79 Å². The van der Waals surface area contributed by atoms with Crippen molar-refractivity contribution in [1.82, 2.24) is 0 Å². The summed E-state index contributed by atoms with van der Waals surface area (Å²) in [7, 11) is 0. The Hall–Kier alpha value is -2.13. The highest BCUT2D eigenvalue weighted by Gasteiger charge is 2.26. The molecule has 3 rings (SSSR count). The normalized spacial score (nSPS) is 16.3. The van der Waals surface area contributed by atoms with Crippen LogP contribution in [0.3, 0.4) is 0 Å². The summed E-state index contributed by atoms with van der Waals surface area (Å²) in [4.78, 5) is 12.1. The first-order valence-corrected chi connectivity index (χ1v) is 7.18. The largest absolute Gasteiger partial charge is 0.326 e. The zero-order valence-corrected chi connectivity index (χ0v) is 12.6. The molecule has 0 aliphatic heterocycles. The second kappa shape index (κ2) is 4.71. The summed E-state index contributed by atoms with van der Waals surface area (Å²) in [5.74, 6) is 0.00605. The van der Waals surface area contributed by atoms with Crippen LogP contribution in [0.1, 0.15) is 37.9 Å². The Bertz CT molecular complexity index is 713. The maximum Gasteiger partial charge on any atom is 0.229 e. The van der Waals surface area contributed by atoms with Crippen molar-refractivity contribution in [2.45, 2.75) is 26.8 Å². The van der Waals surface area contributed by atoms with Gasteiger partial charge in [0.1, 0.15) is 0 Å². The van der Waals surface area contributed by atoms with Crippen molar-refractivity contribution in [3.8, 4) is 11.1 Å². The molecule has 1 aliphatic carbocycles. The van der Waals surface area contributed by atoms with Gasteiger partial charge in [0, 0.05) is 11.1 Å². The topological polar surface area (TPSA) is 55.1 Å². The molecule has 3 N–H and O–H groups in total. The van der Waals surface area contributed by atoms with E-state index in [4.69, 9.17) is 5.73 Å². The highest BCUT2D eigenvalue weighted by Crippen LogP contribution is 2.43. The van der Waals surface area contributed by atoms with E-state index in [2.05, 4.69) is 17.4 Å². The van der Waals surface area contributed by atoms with Crippen LogP contribution in [0.5, 0.6) is 0 Å². The summed E-state index contributed by atoms with van der Waals surface area (Å²) in [6.07, 6.45) is 0. The summed E-state index contributed by atoms with van der Waals surface area (Å²) in [5.41, 5.74) is 11.3. The van der Waals surface area contributed by atoms with Crippen molar-refractivity contribution < 1.29 is 4.79 Å². The highest BCUT2D eigenvalue weighted by molar-refractivity contribution is 5.95. The number of hydrogen-bond donors (Lipinski definition) is 2. The summed E-state index contributed by atoms with van der Waals surface area (Å²) in [6, 6.07) is 14.0. The average molecular weight is 280 g/mol. The van der Waals surface area contributed by atoms with Crippen molar-refractivity contribution in [2.75, 3.05) is 5.32 Å². The third-order valence-corrected chi connectivity index (χ3v) is 3.91. The van der Waals surface area contributed by atoms with Crippen LogP contribution in [0.2, 0.25) is 0 Å². The second-order valence-corrected chi connectivity index (χ2v) is 6.57. The predicted molar refractivity (Wildman–Crippen MR) is 86.0 cm³/mol. The molecule has 0 fully saturated rings. The molecule has 21 heavy (non-hydrogen) atoms. The SMILES string of the molecule is CC(C)(C)C(=O)Nc1ccc2c(c1)C(N)c1ccccc1-2. The molecule has 0 spiro atoms. The fourth-order valence-electron chi connectivity index (χ4n) is 2.64. The summed E-state index contributed by atoms with van der Waals surface area (Å²) in [5, 5.41) is 2.96. The minimum Gasteiger partial charge on any atom is -0.326 e. The van der Waals surface area contributed by atoms with Gasteiger partial charge in [-0.05, 0) is 34.4 Å². The Balaban J connectivity index is 1.96. The lowest BCUT2D eigenvalue weighted by Crippen LogP contribution is -2.27. The molecule has 0 aromatic heterocycles. The molecule has 0 saturated carbocycles. The number of nitrogens with one attached hydrogen (secondary N) is 1. The molecule has 1 aliphatic rings. The number of fused-ring (bicyclic) bond motifs is 3. The van der Waals surface area contributed by atoms with Crippen LogP contribution in [0.15, 0.2) is 42.5 Å². The van der Waals surface area contributed by atoms with Crippen LogP contribution in [-0.4, -0.2) is 5.91 Å². The van der Waals surface area contributed by atoms with E-state index in [1.807, 2.05) is 51.1 Å². The van der Waals surface area contributed by atoms with E-state index in [1.165, 1.54) is 5.56 Å². The van der Waals surface area contributed by atoms with Crippen molar-refractivity contribution in [3.63, 3.8) is 0 Å². The predicted octanol–water partition coefficient (Wildman–Crippen LogP) is 3.70. The number of rotatable bonds is 1. The molecule has 2 aromatic rings. The number of hydrogen-bond acceptors (Lipinski definition) is 2. The summed E-state index contributed by atoms with van der Waals surface area (Å²) < 4.78 is 0. The van der Waals surface area contributed by atoms with Crippen molar-refractivity contribution >= 4 is 11.6 Å². The lowest BCUT2D eigenvalue weighted by atomic mass is 9.95. The third kappa shape index (κ3) is 2.34. The lowest BCUT2D eigenvalue weighted by Gasteiger charge is -2.18. The maximum absolute atomic E-state index is 12.1. The Kier molecular flexibility index (Phi) is 3.10. The molecule has 1 unspecified atom stereocenters. The van der Waals surface area contributed by atoms with Gasteiger partial charge in [-0.2, -0.15) is 0 Å². The van der Waals surface area contributed by atoms with E-state index in [0.29, 0.717) is 0 Å². The van der Waals surface area contributed by atoms with E-state index in [-0.39, 0.29) is 11.9 Å². The molecule has 1 atom stereocenters. The lowest BCUT2D eigenvalue weighted by molar-refractivity contribution is -0.123. The molecule has 108 valence electrons. The fraction of sp³-hybridized carbons (Fsp3) is 0.278.